The van der Waals surface area contributed by atoms with E-state index in [2.05, 4.69) is 10.6 Å². The number of amides is 1. The van der Waals surface area contributed by atoms with Gasteiger partial charge in [-0.15, -0.1) is 0 Å². The molecule has 1 aromatic carbocycles. The van der Waals surface area contributed by atoms with Gasteiger partial charge in [-0.2, -0.15) is 0 Å². The molecule has 0 bridgehead atoms. The first-order chi connectivity index (χ1) is 11.1. The summed E-state index contributed by atoms with van der Waals surface area (Å²) in [4.78, 5) is 11.7. The molecule has 1 aliphatic rings. The lowest BCUT2D eigenvalue weighted by Gasteiger charge is -2.25. The van der Waals surface area contributed by atoms with Crippen molar-refractivity contribution in [3.05, 3.63) is 34.6 Å². The van der Waals surface area contributed by atoms with Crippen LogP contribution in [0.2, 0.25) is 5.02 Å². The van der Waals surface area contributed by atoms with Crippen LogP contribution in [0.1, 0.15) is 18.6 Å². The van der Waals surface area contributed by atoms with Crippen LogP contribution >= 0.6 is 11.6 Å². The van der Waals surface area contributed by atoms with Crippen LogP contribution in [-0.4, -0.2) is 45.4 Å². The summed E-state index contributed by atoms with van der Waals surface area (Å²) >= 11 is 5.74. The Morgan fingerprint density at radius 2 is 2.39 bits per heavy atom. The molecular formula is C16H22ClFN2O3. The second-order valence-corrected chi connectivity index (χ2v) is 5.78. The van der Waals surface area contributed by atoms with Crippen molar-refractivity contribution in [2.24, 2.45) is 5.92 Å². The van der Waals surface area contributed by atoms with Crippen LogP contribution in [-0.2, 0) is 14.3 Å². The molecule has 1 heterocycles. The van der Waals surface area contributed by atoms with Crippen LogP contribution < -0.4 is 10.6 Å². The molecule has 0 aliphatic carbocycles. The molecule has 2 atom stereocenters. The molecule has 0 saturated carbocycles. The fourth-order valence-corrected chi connectivity index (χ4v) is 2.63. The van der Waals surface area contributed by atoms with E-state index in [1.165, 1.54) is 12.1 Å². The van der Waals surface area contributed by atoms with E-state index in [0.29, 0.717) is 26.3 Å². The van der Waals surface area contributed by atoms with Gasteiger partial charge in [0.1, 0.15) is 12.4 Å². The van der Waals surface area contributed by atoms with E-state index in [4.69, 9.17) is 21.1 Å². The normalized spacial score (nSPS) is 21.7. The molecule has 0 unspecified atom stereocenters. The average Bonchev–Trinajstić information content (AvgIpc) is 2.79. The molecule has 5 nitrogen and oxygen atoms in total. The predicted molar refractivity (Wildman–Crippen MR) is 86.0 cm³/mol. The lowest BCUT2D eigenvalue weighted by atomic mass is 9.95. The molecule has 2 N–H and O–H groups in total. The van der Waals surface area contributed by atoms with Gasteiger partial charge in [0, 0.05) is 32.2 Å². The molecule has 1 aromatic rings. The topological polar surface area (TPSA) is 59.6 Å². The van der Waals surface area contributed by atoms with Gasteiger partial charge in [-0.05, 0) is 24.6 Å². The van der Waals surface area contributed by atoms with Crippen molar-refractivity contribution in [3.63, 3.8) is 0 Å². The molecule has 1 saturated heterocycles. The quantitative estimate of drug-likeness (QED) is 0.827. The summed E-state index contributed by atoms with van der Waals surface area (Å²) < 4.78 is 24.7. The molecule has 2 rings (SSSR count). The van der Waals surface area contributed by atoms with Crippen molar-refractivity contribution in [3.8, 4) is 0 Å². The highest BCUT2D eigenvalue weighted by atomic mass is 35.5. The second-order valence-electron chi connectivity index (χ2n) is 5.37. The van der Waals surface area contributed by atoms with Gasteiger partial charge in [-0.3, -0.25) is 4.79 Å². The largest absolute Gasteiger partial charge is 0.372 e. The highest BCUT2D eigenvalue weighted by molar-refractivity contribution is 6.30. The van der Waals surface area contributed by atoms with Crippen molar-refractivity contribution in [2.45, 2.75) is 13.0 Å². The number of ether oxygens (including phenoxy) is 2. The Balaban J connectivity index is 2.04. The molecule has 1 fully saturated rings. The Morgan fingerprint density at radius 1 is 1.57 bits per heavy atom. The zero-order chi connectivity index (χ0) is 16.7. The van der Waals surface area contributed by atoms with Crippen molar-refractivity contribution < 1.29 is 18.7 Å². The zero-order valence-electron chi connectivity index (χ0n) is 13.1. The molecular weight excluding hydrogens is 323 g/mol. The van der Waals surface area contributed by atoms with Crippen LogP contribution in [0.15, 0.2) is 18.2 Å². The lowest BCUT2D eigenvalue weighted by Crippen LogP contribution is -2.38. The number of carbonyl (C=O) groups excluding carboxylic acids is 1. The van der Waals surface area contributed by atoms with Gasteiger partial charge in [0.15, 0.2) is 0 Å². The highest BCUT2D eigenvalue weighted by Gasteiger charge is 2.27. The molecule has 0 aromatic heterocycles. The van der Waals surface area contributed by atoms with Gasteiger partial charge in [0.2, 0.25) is 5.91 Å². The second kappa shape index (κ2) is 9.17. The third kappa shape index (κ3) is 5.42. The zero-order valence-corrected chi connectivity index (χ0v) is 13.9. The third-order valence-corrected chi connectivity index (χ3v) is 3.99. The summed E-state index contributed by atoms with van der Waals surface area (Å²) in [5, 5.41) is 6.18. The van der Waals surface area contributed by atoms with Crippen molar-refractivity contribution in [1.82, 2.24) is 10.6 Å². The predicted octanol–water partition coefficient (Wildman–Crippen LogP) is 1.91. The van der Waals surface area contributed by atoms with Gasteiger partial charge >= 0.3 is 0 Å². The van der Waals surface area contributed by atoms with E-state index in [1.807, 2.05) is 6.92 Å². The molecule has 0 radical (unpaired) electrons. The van der Waals surface area contributed by atoms with Crippen molar-refractivity contribution >= 4 is 17.5 Å². The van der Waals surface area contributed by atoms with E-state index >= 15 is 0 Å². The van der Waals surface area contributed by atoms with Crippen LogP contribution in [0.3, 0.4) is 0 Å². The monoisotopic (exact) mass is 344 g/mol. The van der Waals surface area contributed by atoms with E-state index in [-0.39, 0.29) is 29.6 Å². The maximum Gasteiger partial charge on any atom is 0.246 e. The van der Waals surface area contributed by atoms with Crippen LogP contribution in [0.4, 0.5) is 4.39 Å². The van der Waals surface area contributed by atoms with E-state index in [1.54, 1.807) is 6.07 Å². The summed E-state index contributed by atoms with van der Waals surface area (Å²) in [5.74, 6) is -0.648. The Kier molecular flexibility index (Phi) is 7.23. The van der Waals surface area contributed by atoms with Gasteiger partial charge in [0.25, 0.3) is 0 Å². The Bertz CT molecular complexity index is 530. The summed E-state index contributed by atoms with van der Waals surface area (Å²) in [5.41, 5.74) is 0.722. The Labute approximate surface area is 140 Å². The number of halogens is 2. The number of hydrogen-bond donors (Lipinski definition) is 2. The number of nitrogens with one attached hydrogen (secondary N) is 2. The smallest absolute Gasteiger partial charge is 0.246 e. The molecule has 23 heavy (non-hydrogen) atoms. The molecule has 1 amide bonds. The third-order valence-electron chi connectivity index (χ3n) is 3.68. The summed E-state index contributed by atoms with van der Waals surface area (Å²) in [6.45, 7) is 4.71. The minimum atomic E-state index is -0.468. The molecule has 0 spiro atoms. The summed E-state index contributed by atoms with van der Waals surface area (Å²) in [7, 11) is 0. The molecule has 128 valence electrons. The van der Waals surface area contributed by atoms with Crippen molar-refractivity contribution in [1.29, 1.82) is 0 Å². The van der Waals surface area contributed by atoms with Crippen molar-refractivity contribution in [2.75, 3.05) is 39.5 Å². The van der Waals surface area contributed by atoms with Gasteiger partial charge in [-0.25, -0.2) is 4.39 Å². The van der Waals surface area contributed by atoms with Crippen LogP contribution in [0, 0.1) is 11.7 Å². The maximum absolute atomic E-state index is 13.7. The van der Waals surface area contributed by atoms with Crippen LogP contribution in [0.25, 0.3) is 0 Å². The van der Waals surface area contributed by atoms with Gasteiger partial charge < -0.3 is 20.1 Å². The first-order valence-corrected chi connectivity index (χ1v) is 8.11. The standard InChI is InChI=1S/C16H22ClFN2O3/c1-2-22-10-15(21)20-9-12-8-19-5-6-23-16(12)11-3-4-13(17)14(18)7-11/h3-4,7,12,16,19H,2,5-6,8-10H2,1H3,(H,20,21)/t12-,16-/m0/s1. The SMILES string of the molecule is CCOCC(=O)NC[C@@H]1CNCCO[C@H]1c1ccc(Cl)c(F)c1. The Morgan fingerprint density at radius 3 is 3.13 bits per heavy atom. The number of carbonyl (C=O) groups is 1. The maximum atomic E-state index is 13.7. The first kappa shape index (κ1) is 18.1. The fraction of sp³-hybridized carbons (Fsp3) is 0.562. The first-order valence-electron chi connectivity index (χ1n) is 7.73. The van der Waals surface area contributed by atoms with E-state index in [0.717, 1.165) is 12.1 Å². The minimum absolute atomic E-state index is 0.0105. The average molecular weight is 345 g/mol. The lowest BCUT2D eigenvalue weighted by molar-refractivity contribution is -0.125. The number of benzene rings is 1. The van der Waals surface area contributed by atoms with Crippen LogP contribution in [0.5, 0.6) is 0 Å². The Hall–Kier alpha value is -1.21. The van der Waals surface area contributed by atoms with Gasteiger partial charge in [0.05, 0.1) is 17.7 Å². The number of rotatable bonds is 6. The fourth-order valence-electron chi connectivity index (χ4n) is 2.52. The summed E-state index contributed by atoms with van der Waals surface area (Å²) in [6, 6.07) is 4.68. The molecule has 7 heteroatoms. The van der Waals surface area contributed by atoms with Gasteiger partial charge in [-0.1, -0.05) is 17.7 Å². The summed E-state index contributed by atoms with van der Waals surface area (Å²) in [6.07, 6.45) is -0.302. The van der Waals surface area contributed by atoms with E-state index in [9.17, 15) is 9.18 Å². The minimum Gasteiger partial charge on any atom is -0.372 e. The molecule has 1 aliphatic heterocycles. The number of hydrogen-bond acceptors (Lipinski definition) is 4. The highest BCUT2D eigenvalue weighted by Crippen LogP contribution is 2.29. The van der Waals surface area contributed by atoms with E-state index < -0.39 is 5.82 Å².